The Hall–Kier alpha value is -1.76. The second kappa shape index (κ2) is 7.68. The fourth-order valence-electron chi connectivity index (χ4n) is 2.61. The molecule has 0 aromatic heterocycles. The van der Waals surface area contributed by atoms with Crippen LogP contribution in [0.3, 0.4) is 0 Å². The van der Waals surface area contributed by atoms with E-state index in [9.17, 15) is 13.2 Å². The maximum atomic E-state index is 12.1. The summed E-state index contributed by atoms with van der Waals surface area (Å²) in [6, 6.07) is 6.49. The number of hydrogen-bond donors (Lipinski definition) is 1. The molecule has 1 atom stereocenters. The smallest absolute Gasteiger partial charge is 0.317 e. The summed E-state index contributed by atoms with van der Waals surface area (Å²) in [7, 11) is -3.19. The number of hydrogen-bond acceptors (Lipinski definition) is 4. The van der Waals surface area contributed by atoms with E-state index in [4.69, 9.17) is 4.74 Å². The first kappa shape index (κ1) is 17.6. The molecule has 1 aromatic carbocycles. The quantitative estimate of drug-likeness (QED) is 0.833. The Morgan fingerprint density at radius 3 is 2.61 bits per heavy atom. The Balaban J connectivity index is 1.74. The van der Waals surface area contributed by atoms with Gasteiger partial charge in [0, 0.05) is 18.8 Å². The van der Waals surface area contributed by atoms with E-state index in [2.05, 4.69) is 12.2 Å². The number of amides is 2. The third-order valence-corrected chi connectivity index (χ3v) is 5.09. The van der Waals surface area contributed by atoms with Crippen LogP contribution in [-0.4, -0.2) is 51.3 Å². The van der Waals surface area contributed by atoms with Crippen LogP contribution in [0.4, 0.5) is 4.79 Å². The van der Waals surface area contributed by atoms with Crippen LogP contribution < -0.4 is 10.1 Å². The summed E-state index contributed by atoms with van der Waals surface area (Å²) in [6.07, 6.45) is 4.45. The van der Waals surface area contributed by atoms with E-state index in [0.717, 1.165) is 19.4 Å². The van der Waals surface area contributed by atoms with Gasteiger partial charge in [-0.15, -0.1) is 0 Å². The Kier molecular flexibility index (Phi) is 5.87. The molecule has 0 saturated carbocycles. The molecule has 128 valence electrons. The minimum atomic E-state index is -3.19. The van der Waals surface area contributed by atoms with Gasteiger partial charge in [0.2, 0.25) is 0 Å². The summed E-state index contributed by atoms with van der Waals surface area (Å²) in [4.78, 5) is 14.2. The molecule has 1 fully saturated rings. The molecule has 1 saturated heterocycles. The Morgan fingerprint density at radius 1 is 1.30 bits per heavy atom. The van der Waals surface area contributed by atoms with Crippen LogP contribution in [0.2, 0.25) is 0 Å². The van der Waals surface area contributed by atoms with Crippen LogP contribution in [0.25, 0.3) is 0 Å². The van der Waals surface area contributed by atoms with E-state index >= 15 is 0 Å². The van der Waals surface area contributed by atoms with Crippen LogP contribution in [0.1, 0.15) is 26.2 Å². The molecule has 6 nitrogen and oxygen atoms in total. The molecule has 7 heteroatoms. The number of carbonyl (C=O) groups excluding carboxylic acids is 1. The molecule has 2 rings (SSSR count). The molecule has 23 heavy (non-hydrogen) atoms. The van der Waals surface area contributed by atoms with E-state index < -0.39 is 9.84 Å². The second-order valence-corrected chi connectivity index (χ2v) is 7.88. The Morgan fingerprint density at radius 2 is 2.00 bits per heavy atom. The number of ether oxygens (including phenoxy) is 1. The van der Waals surface area contributed by atoms with E-state index in [0.29, 0.717) is 18.9 Å². The van der Waals surface area contributed by atoms with Gasteiger partial charge in [-0.3, -0.25) is 0 Å². The molecule has 0 aliphatic carbocycles. The fourth-order valence-corrected chi connectivity index (χ4v) is 3.24. The first-order chi connectivity index (χ1) is 10.9. The topological polar surface area (TPSA) is 75.7 Å². The molecular weight excluding hydrogens is 316 g/mol. The van der Waals surface area contributed by atoms with Crippen LogP contribution in [0.15, 0.2) is 29.2 Å². The monoisotopic (exact) mass is 340 g/mol. The first-order valence-corrected chi connectivity index (χ1v) is 9.74. The molecule has 1 heterocycles. The zero-order valence-electron chi connectivity index (χ0n) is 13.6. The van der Waals surface area contributed by atoms with E-state index in [1.165, 1.54) is 24.8 Å². The number of carbonyl (C=O) groups is 1. The predicted octanol–water partition coefficient (Wildman–Crippen LogP) is 2.05. The minimum Gasteiger partial charge on any atom is -0.492 e. The molecule has 0 spiro atoms. The molecule has 2 amide bonds. The van der Waals surface area contributed by atoms with Crippen molar-refractivity contribution in [3.05, 3.63) is 24.3 Å². The summed E-state index contributed by atoms with van der Waals surface area (Å²) in [6.45, 7) is 3.63. The average molecular weight is 340 g/mol. The highest BCUT2D eigenvalue weighted by atomic mass is 32.2. The highest BCUT2D eigenvalue weighted by molar-refractivity contribution is 7.90. The van der Waals surface area contributed by atoms with Crippen molar-refractivity contribution in [3.63, 3.8) is 0 Å². The lowest BCUT2D eigenvalue weighted by molar-refractivity contribution is 0.156. The van der Waals surface area contributed by atoms with Crippen LogP contribution in [0.5, 0.6) is 5.75 Å². The van der Waals surface area contributed by atoms with E-state index in [-0.39, 0.29) is 17.0 Å². The van der Waals surface area contributed by atoms with Crippen molar-refractivity contribution in [2.75, 3.05) is 26.0 Å². The Labute approximate surface area is 137 Å². The van der Waals surface area contributed by atoms with Gasteiger partial charge in [-0.2, -0.15) is 0 Å². The van der Waals surface area contributed by atoms with Crippen molar-refractivity contribution in [2.45, 2.75) is 37.1 Å². The van der Waals surface area contributed by atoms with E-state index in [1.54, 1.807) is 12.1 Å². The summed E-state index contributed by atoms with van der Waals surface area (Å²) in [5.41, 5.74) is 0. The molecule has 0 bridgehead atoms. The molecule has 1 N–H and O–H groups in total. The molecule has 1 aliphatic rings. The molecule has 1 aromatic rings. The van der Waals surface area contributed by atoms with Gasteiger partial charge in [-0.1, -0.05) is 0 Å². The first-order valence-electron chi connectivity index (χ1n) is 7.85. The van der Waals surface area contributed by atoms with Gasteiger partial charge < -0.3 is 15.0 Å². The number of benzene rings is 1. The van der Waals surface area contributed by atoms with Crippen molar-refractivity contribution < 1.29 is 17.9 Å². The Bertz CT molecular complexity index is 628. The minimum absolute atomic E-state index is 0.0479. The molecule has 0 radical (unpaired) electrons. The number of piperidine rings is 1. The summed E-state index contributed by atoms with van der Waals surface area (Å²) < 4.78 is 28.2. The number of nitrogens with one attached hydrogen (secondary N) is 1. The highest BCUT2D eigenvalue weighted by Gasteiger charge is 2.22. The molecule has 1 unspecified atom stereocenters. The lowest BCUT2D eigenvalue weighted by Crippen LogP contribution is -2.48. The maximum Gasteiger partial charge on any atom is 0.317 e. The second-order valence-electron chi connectivity index (χ2n) is 5.86. The molecular formula is C16H24N2O4S. The number of sulfone groups is 1. The SMILES string of the molecule is CC1CCCCN1C(=O)NCCOc1ccc(S(C)(=O)=O)cc1. The summed E-state index contributed by atoms with van der Waals surface area (Å²) >= 11 is 0. The average Bonchev–Trinajstić information content (AvgIpc) is 2.51. The summed E-state index contributed by atoms with van der Waals surface area (Å²) in [5.74, 6) is 0.581. The maximum absolute atomic E-state index is 12.1. The third kappa shape index (κ3) is 5.13. The largest absolute Gasteiger partial charge is 0.492 e. The van der Waals surface area contributed by atoms with E-state index in [1.807, 2.05) is 4.90 Å². The van der Waals surface area contributed by atoms with Crippen LogP contribution in [-0.2, 0) is 9.84 Å². The summed E-state index contributed by atoms with van der Waals surface area (Å²) in [5, 5.41) is 2.85. The van der Waals surface area contributed by atoms with Gasteiger partial charge >= 0.3 is 6.03 Å². The van der Waals surface area contributed by atoms with Gasteiger partial charge in [-0.25, -0.2) is 13.2 Å². The number of nitrogens with zero attached hydrogens (tertiary/aromatic N) is 1. The van der Waals surface area contributed by atoms with Gasteiger partial charge in [0.05, 0.1) is 11.4 Å². The van der Waals surface area contributed by atoms with Gasteiger partial charge in [0.1, 0.15) is 12.4 Å². The standard InChI is InChI=1S/C16H24N2O4S/c1-13-5-3-4-11-18(13)16(19)17-10-12-22-14-6-8-15(9-7-14)23(2,20)21/h6-9,13H,3-5,10-12H2,1-2H3,(H,17,19). The zero-order valence-corrected chi connectivity index (χ0v) is 14.4. The van der Waals surface area contributed by atoms with Crippen LogP contribution in [0, 0.1) is 0 Å². The van der Waals surface area contributed by atoms with Crippen molar-refractivity contribution in [2.24, 2.45) is 0 Å². The van der Waals surface area contributed by atoms with Gasteiger partial charge in [-0.05, 0) is 50.5 Å². The van der Waals surface area contributed by atoms with Gasteiger partial charge in [0.25, 0.3) is 0 Å². The van der Waals surface area contributed by atoms with Crippen molar-refractivity contribution in [1.82, 2.24) is 10.2 Å². The predicted molar refractivity (Wildman–Crippen MR) is 88.5 cm³/mol. The number of likely N-dealkylation sites (tertiary alicyclic amines) is 1. The zero-order chi connectivity index (χ0) is 16.9. The number of urea groups is 1. The lowest BCUT2D eigenvalue weighted by atomic mass is 10.0. The van der Waals surface area contributed by atoms with Crippen LogP contribution >= 0.6 is 0 Å². The number of rotatable bonds is 5. The van der Waals surface area contributed by atoms with Crippen molar-refractivity contribution >= 4 is 15.9 Å². The third-order valence-electron chi connectivity index (χ3n) is 3.96. The van der Waals surface area contributed by atoms with Crippen molar-refractivity contribution in [1.29, 1.82) is 0 Å². The van der Waals surface area contributed by atoms with Gasteiger partial charge in [0.15, 0.2) is 9.84 Å². The normalized spacial score (nSPS) is 18.5. The highest BCUT2D eigenvalue weighted by Crippen LogP contribution is 2.17. The lowest BCUT2D eigenvalue weighted by Gasteiger charge is -2.33. The van der Waals surface area contributed by atoms with Crippen molar-refractivity contribution in [3.8, 4) is 5.75 Å². The molecule has 1 aliphatic heterocycles. The fraction of sp³-hybridized carbons (Fsp3) is 0.562.